The van der Waals surface area contributed by atoms with E-state index in [0.29, 0.717) is 40.8 Å². The number of aromatic nitrogens is 4. The molecule has 0 bridgehead atoms. The number of benzene rings is 1. The highest BCUT2D eigenvalue weighted by Gasteiger charge is 2.17. The lowest BCUT2D eigenvalue weighted by Crippen LogP contribution is -2.22. The zero-order valence-electron chi connectivity index (χ0n) is 16.7. The average molecular weight is 394 g/mol. The normalized spacial score (nSPS) is 10.5. The fraction of sp³-hybridized carbons (Fsp3) is 0.250. The highest BCUT2D eigenvalue weighted by Crippen LogP contribution is 2.17. The topological polar surface area (TPSA) is 102 Å². The second kappa shape index (κ2) is 8.51. The summed E-state index contributed by atoms with van der Waals surface area (Å²) in [5, 5.41) is 15.1. The third kappa shape index (κ3) is 4.40. The fourth-order valence-corrected chi connectivity index (χ4v) is 2.70. The molecule has 3 rings (SSSR count). The number of rotatable bonds is 6. The molecular formula is C20H22N6O3. The quantitative estimate of drug-likeness (QED) is 0.688. The first kappa shape index (κ1) is 20.0. The Kier molecular flexibility index (Phi) is 5.87. The molecule has 1 N–H and O–H groups in total. The molecule has 0 radical (unpaired) electrons. The van der Waals surface area contributed by atoms with E-state index in [2.05, 4.69) is 20.6 Å². The van der Waals surface area contributed by atoms with Gasteiger partial charge in [-0.1, -0.05) is 6.07 Å². The van der Waals surface area contributed by atoms with Crippen LogP contribution < -0.4 is 10.1 Å². The van der Waals surface area contributed by atoms with E-state index in [1.807, 2.05) is 6.92 Å². The van der Waals surface area contributed by atoms with Gasteiger partial charge in [0, 0.05) is 31.4 Å². The van der Waals surface area contributed by atoms with Gasteiger partial charge in [-0.25, -0.2) is 4.68 Å². The molecule has 3 aromatic rings. The molecule has 0 saturated heterocycles. The summed E-state index contributed by atoms with van der Waals surface area (Å²) in [4.78, 5) is 26.3. The molecule has 0 unspecified atom stereocenters. The van der Waals surface area contributed by atoms with Gasteiger partial charge in [-0.3, -0.25) is 9.59 Å². The zero-order valence-corrected chi connectivity index (χ0v) is 16.7. The lowest BCUT2D eigenvalue weighted by molar-refractivity contribution is 0.0827. The van der Waals surface area contributed by atoms with Crippen molar-refractivity contribution in [3.05, 3.63) is 59.4 Å². The van der Waals surface area contributed by atoms with Crippen molar-refractivity contribution in [2.24, 2.45) is 0 Å². The predicted octanol–water partition coefficient (Wildman–Crippen LogP) is 2.32. The van der Waals surface area contributed by atoms with Crippen molar-refractivity contribution >= 4 is 17.5 Å². The number of ether oxygens (including phenoxy) is 1. The van der Waals surface area contributed by atoms with Crippen molar-refractivity contribution < 1.29 is 14.3 Å². The number of nitrogens with zero attached hydrogens (tertiary/aromatic N) is 5. The summed E-state index contributed by atoms with van der Waals surface area (Å²) in [6, 6.07) is 10.2. The molecule has 0 saturated carbocycles. The third-order valence-corrected chi connectivity index (χ3v) is 4.16. The van der Waals surface area contributed by atoms with E-state index in [9.17, 15) is 9.59 Å². The van der Waals surface area contributed by atoms with Gasteiger partial charge in [-0.15, -0.1) is 10.2 Å². The first-order chi connectivity index (χ1) is 13.9. The first-order valence-corrected chi connectivity index (χ1v) is 9.05. The molecule has 2 amide bonds. The summed E-state index contributed by atoms with van der Waals surface area (Å²) in [6.07, 6.45) is 1.47. The standard InChI is InChI=1S/C20H22N6O3/c1-5-29-18-10-9-17(23-24-18)26-13(2)16(12-21-26)19(27)22-15-8-6-7-14(11-15)20(28)25(3)4/h6-12H,5H2,1-4H3,(H,22,27). The van der Waals surface area contributed by atoms with E-state index < -0.39 is 0 Å². The van der Waals surface area contributed by atoms with Crippen molar-refractivity contribution in [3.63, 3.8) is 0 Å². The summed E-state index contributed by atoms with van der Waals surface area (Å²) in [7, 11) is 3.35. The van der Waals surface area contributed by atoms with Gasteiger partial charge >= 0.3 is 0 Å². The van der Waals surface area contributed by atoms with E-state index in [1.165, 1.54) is 15.8 Å². The van der Waals surface area contributed by atoms with Crippen LogP contribution in [0.3, 0.4) is 0 Å². The number of nitrogens with one attached hydrogen (secondary N) is 1. The molecule has 150 valence electrons. The summed E-state index contributed by atoms with van der Waals surface area (Å²) < 4.78 is 6.81. The predicted molar refractivity (Wildman–Crippen MR) is 107 cm³/mol. The maximum Gasteiger partial charge on any atom is 0.259 e. The molecule has 29 heavy (non-hydrogen) atoms. The Morgan fingerprint density at radius 3 is 2.62 bits per heavy atom. The van der Waals surface area contributed by atoms with E-state index in [-0.39, 0.29) is 11.8 Å². The Morgan fingerprint density at radius 1 is 1.17 bits per heavy atom. The molecule has 0 aliphatic rings. The van der Waals surface area contributed by atoms with Crippen molar-refractivity contribution in [1.29, 1.82) is 0 Å². The van der Waals surface area contributed by atoms with E-state index in [1.54, 1.807) is 57.4 Å². The van der Waals surface area contributed by atoms with Gasteiger partial charge in [0.05, 0.1) is 24.1 Å². The minimum Gasteiger partial charge on any atom is -0.477 e. The monoisotopic (exact) mass is 394 g/mol. The first-order valence-electron chi connectivity index (χ1n) is 9.05. The molecule has 2 aromatic heterocycles. The van der Waals surface area contributed by atoms with Crippen LogP contribution in [0.25, 0.3) is 5.82 Å². The molecule has 9 heteroatoms. The molecule has 0 atom stereocenters. The van der Waals surface area contributed by atoms with E-state index in [4.69, 9.17) is 4.74 Å². The fourth-order valence-electron chi connectivity index (χ4n) is 2.70. The van der Waals surface area contributed by atoms with Crippen LogP contribution in [0, 0.1) is 6.92 Å². The zero-order chi connectivity index (χ0) is 21.0. The molecule has 0 spiro atoms. The minimum atomic E-state index is -0.331. The maximum absolute atomic E-state index is 12.7. The molecule has 0 fully saturated rings. The van der Waals surface area contributed by atoms with Crippen LogP contribution in [0.1, 0.15) is 33.3 Å². The number of anilines is 1. The molecule has 0 aliphatic carbocycles. The second-order valence-corrected chi connectivity index (χ2v) is 6.45. The summed E-state index contributed by atoms with van der Waals surface area (Å²) in [6.45, 7) is 4.14. The van der Waals surface area contributed by atoms with Crippen LogP contribution in [-0.4, -0.2) is 57.4 Å². The number of hydrogen-bond donors (Lipinski definition) is 1. The van der Waals surface area contributed by atoms with Gasteiger partial charge in [0.15, 0.2) is 5.82 Å². The Labute approximate surface area is 168 Å². The van der Waals surface area contributed by atoms with Crippen LogP contribution in [0.2, 0.25) is 0 Å². The lowest BCUT2D eigenvalue weighted by Gasteiger charge is -2.11. The number of carbonyl (C=O) groups is 2. The van der Waals surface area contributed by atoms with Gasteiger partial charge in [0.1, 0.15) is 0 Å². The van der Waals surface area contributed by atoms with Gasteiger partial charge in [-0.2, -0.15) is 5.10 Å². The van der Waals surface area contributed by atoms with Gasteiger partial charge in [0.2, 0.25) is 5.88 Å². The lowest BCUT2D eigenvalue weighted by atomic mass is 10.1. The molecule has 9 nitrogen and oxygen atoms in total. The van der Waals surface area contributed by atoms with Crippen LogP contribution in [-0.2, 0) is 0 Å². The highest BCUT2D eigenvalue weighted by atomic mass is 16.5. The largest absolute Gasteiger partial charge is 0.477 e. The smallest absolute Gasteiger partial charge is 0.259 e. The minimum absolute atomic E-state index is 0.140. The Bertz CT molecular complexity index is 1030. The summed E-state index contributed by atoms with van der Waals surface area (Å²) in [5.74, 6) is 0.427. The Hall–Kier alpha value is -3.75. The van der Waals surface area contributed by atoms with E-state index in [0.717, 1.165) is 0 Å². The van der Waals surface area contributed by atoms with Crippen LogP contribution in [0.5, 0.6) is 5.88 Å². The van der Waals surface area contributed by atoms with Crippen LogP contribution in [0.4, 0.5) is 5.69 Å². The van der Waals surface area contributed by atoms with Gasteiger partial charge < -0.3 is 15.0 Å². The van der Waals surface area contributed by atoms with Crippen LogP contribution >= 0.6 is 0 Å². The number of carbonyl (C=O) groups excluding carboxylic acids is 2. The number of hydrogen-bond acceptors (Lipinski definition) is 6. The van der Waals surface area contributed by atoms with Crippen molar-refractivity contribution in [2.75, 3.05) is 26.0 Å². The SMILES string of the molecule is CCOc1ccc(-n2ncc(C(=O)Nc3cccc(C(=O)N(C)C)c3)c2C)nn1. The van der Waals surface area contributed by atoms with Crippen molar-refractivity contribution in [2.45, 2.75) is 13.8 Å². The molecule has 2 heterocycles. The summed E-state index contributed by atoms with van der Waals surface area (Å²) >= 11 is 0. The van der Waals surface area contributed by atoms with E-state index >= 15 is 0 Å². The summed E-state index contributed by atoms with van der Waals surface area (Å²) in [5.41, 5.74) is 2.02. The maximum atomic E-state index is 12.7. The highest BCUT2D eigenvalue weighted by molar-refractivity contribution is 6.05. The van der Waals surface area contributed by atoms with Crippen molar-refractivity contribution in [3.8, 4) is 11.7 Å². The number of amides is 2. The molecule has 1 aromatic carbocycles. The van der Waals surface area contributed by atoms with Crippen LogP contribution in [0.15, 0.2) is 42.6 Å². The third-order valence-electron chi connectivity index (χ3n) is 4.16. The van der Waals surface area contributed by atoms with Gasteiger partial charge in [0.25, 0.3) is 11.8 Å². The van der Waals surface area contributed by atoms with Crippen molar-refractivity contribution in [1.82, 2.24) is 24.9 Å². The molecular weight excluding hydrogens is 372 g/mol. The Morgan fingerprint density at radius 2 is 1.97 bits per heavy atom. The molecule has 0 aliphatic heterocycles. The average Bonchev–Trinajstić information content (AvgIpc) is 3.10. The second-order valence-electron chi connectivity index (χ2n) is 6.45. The van der Waals surface area contributed by atoms with Gasteiger partial charge in [-0.05, 0) is 38.1 Å². The Balaban J connectivity index is 1.79.